The van der Waals surface area contributed by atoms with Crippen molar-refractivity contribution in [2.45, 2.75) is 18.3 Å². The smallest absolute Gasteiger partial charge is 0.264 e. The zero-order valence-corrected chi connectivity index (χ0v) is 19.6. The van der Waals surface area contributed by atoms with Crippen LogP contribution in [-0.2, 0) is 19.7 Å². The fourth-order valence-electron chi connectivity index (χ4n) is 4.25. The van der Waals surface area contributed by atoms with Crippen LogP contribution in [0.15, 0.2) is 42.5 Å². The van der Waals surface area contributed by atoms with Gasteiger partial charge in [-0.05, 0) is 30.5 Å². The third kappa shape index (κ3) is 4.99. The highest BCUT2D eigenvalue weighted by atomic mass is 32.2. The molecule has 3 rings (SSSR count). The summed E-state index contributed by atoms with van der Waals surface area (Å²) < 4.78 is 44.2. The maximum absolute atomic E-state index is 13.5. The molecule has 0 radical (unpaired) electrons. The summed E-state index contributed by atoms with van der Waals surface area (Å²) in [6.07, 6.45) is 2.19. The van der Waals surface area contributed by atoms with E-state index in [-0.39, 0.29) is 12.5 Å². The van der Waals surface area contributed by atoms with Gasteiger partial charge in [-0.3, -0.25) is 8.98 Å². The molecule has 32 heavy (non-hydrogen) atoms. The molecule has 9 heteroatoms. The molecule has 0 aliphatic carbocycles. The number of carbonyl (C=O) groups excluding carboxylic acids is 1. The molecular weight excluding hydrogens is 434 g/mol. The van der Waals surface area contributed by atoms with E-state index in [1.807, 2.05) is 30.3 Å². The van der Waals surface area contributed by atoms with E-state index in [1.165, 1.54) is 21.3 Å². The molecule has 1 saturated heterocycles. The van der Waals surface area contributed by atoms with E-state index >= 15 is 0 Å². The highest BCUT2D eigenvalue weighted by Gasteiger charge is 2.42. The van der Waals surface area contributed by atoms with E-state index in [2.05, 4.69) is 0 Å². The van der Waals surface area contributed by atoms with E-state index in [0.29, 0.717) is 48.7 Å². The third-order valence-corrected chi connectivity index (χ3v) is 6.43. The topological polar surface area (TPSA) is 91.4 Å². The molecule has 1 fully saturated rings. The number of hydrogen-bond acceptors (Lipinski definition) is 7. The zero-order chi connectivity index (χ0) is 23.4. The second-order valence-corrected chi connectivity index (χ2v) is 9.42. The molecule has 1 amide bonds. The lowest BCUT2D eigenvalue weighted by atomic mass is 9.77. The van der Waals surface area contributed by atoms with E-state index in [0.717, 1.165) is 11.8 Å². The number of hydrogen-bond donors (Lipinski definition) is 0. The van der Waals surface area contributed by atoms with Crippen molar-refractivity contribution in [3.05, 3.63) is 53.6 Å². The van der Waals surface area contributed by atoms with Gasteiger partial charge in [-0.25, -0.2) is 0 Å². The summed E-state index contributed by atoms with van der Waals surface area (Å²) in [7, 11) is 0.950. The summed E-state index contributed by atoms with van der Waals surface area (Å²) in [5.41, 5.74) is 1.01. The minimum Gasteiger partial charge on any atom is -0.493 e. The highest BCUT2D eigenvalue weighted by Crippen LogP contribution is 2.42. The molecule has 1 heterocycles. The normalized spacial score (nSPS) is 18.4. The van der Waals surface area contributed by atoms with Crippen LogP contribution in [0.1, 0.15) is 28.8 Å². The number of nitrogens with zero attached hydrogens (tertiary/aromatic N) is 1. The van der Waals surface area contributed by atoms with Crippen molar-refractivity contribution in [1.82, 2.24) is 4.90 Å². The molecule has 0 saturated carbocycles. The van der Waals surface area contributed by atoms with Gasteiger partial charge in [0.2, 0.25) is 5.75 Å². The Morgan fingerprint density at radius 3 is 2.28 bits per heavy atom. The van der Waals surface area contributed by atoms with Gasteiger partial charge in [-0.2, -0.15) is 8.42 Å². The van der Waals surface area contributed by atoms with Gasteiger partial charge in [0.1, 0.15) is 0 Å². The molecule has 0 aromatic heterocycles. The highest BCUT2D eigenvalue weighted by molar-refractivity contribution is 7.85. The van der Waals surface area contributed by atoms with Crippen molar-refractivity contribution in [3.63, 3.8) is 0 Å². The first kappa shape index (κ1) is 23.9. The standard InChI is InChI=1S/C23H29NO7S/c1-28-19-11-10-18(20(29-2)21(19)30-3)22(25)24-14-12-23(16-24,13-15-31-32(4,26)27)17-8-6-5-7-9-17/h5-11H,12-16H2,1-4H3. The molecule has 2 aromatic carbocycles. The lowest BCUT2D eigenvalue weighted by molar-refractivity contribution is 0.0776. The van der Waals surface area contributed by atoms with Crippen LogP contribution in [0, 0.1) is 0 Å². The summed E-state index contributed by atoms with van der Waals surface area (Å²) in [5.74, 6) is 0.953. The first-order valence-electron chi connectivity index (χ1n) is 10.2. The summed E-state index contributed by atoms with van der Waals surface area (Å²) in [5, 5.41) is 0. The minimum atomic E-state index is -3.54. The van der Waals surface area contributed by atoms with Crippen LogP contribution in [0.4, 0.5) is 0 Å². The SMILES string of the molecule is COc1ccc(C(=O)N2CCC(CCOS(C)(=O)=O)(c3ccccc3)C2)c(OC)c1OC. The Kier molecular flexibility index (Phi) is 7.30. The van der Waals surface area contributed by atoms with Gasteiger partial charge in [-0.15, -0.1) is 0 Å². The number of rotatable bonds is 9. The monoisotopic (exact) mass is 463 g/mol. The van der Waals surface area contributed by atoms with E-state index in [1.54, 1.807) is 17.0 Å². The summed E-state index contributed by atoms with van der Waals surface area (Å²) in [6.45, 7) is 1.00. The summed E-state index contributed by atoms with van der Waals surface area (Å²) in [6, 6.07) is 13.2. The van der Waals surface area contributed by atoms with Crippen molar-refractivity contribution in [3.8, 4) is 17.2 Å². The second kappa shape index (κ2) is 9.79. The first-order chi connectivity index (χ1) is 15.2. The predicted molar refractivity (Wildman–Crippen MR) is 120 cm³/mol. The Hall–Kier alpha value is -2.78. The molecule has 1 atom stereocenters. The lowest BCUT2D eigenvalue weighted by Crippen LogP contribution is -2.35. The Morgan fingerprint density at radius 2 is 1.69 bits per heavy atom. The molecular formula is C23H29NO7S. The first-order valence-corrected chi connectivity index (χ1v) is 12.0. The molecule has 1 aliphatic rings. The van der Waals surface area contributed by atoms with Gasteiger partial charge in [0.05, 0.1) is 39.8 Å². The van der Waals surface area contributed by atoms with E-state index in [9.17, 15) is 13.2 Å². The second-order valence-electron chi connectivity index (χ2n) is 7.78. The van der Waals surface area contributed by atoms with Gasteiger partial charge in [0, 0.05) is 18.5 Å². The van der Waals surface area contributed by atoms with E-state index in [4.69, 9.17) is 18.4 Å². The molecule has 0 spiro atoms. The Morgan fingerprint density at radius 1 is 1.00 bits per heavy atom. The molecule has 1 aliphatic heterocycles. The van der Waals surface area contributed by atoms with Gasteiger partial charge in [-0.1, -0.05) is 30.3 Å². The van der Waals surface area contributed by atoms with Crippen LogP contribution in [-0.4, -0.2) is 66.5 Å². The number of ether oxygens (including phenoxy) is 3. The summed E-state index contributed by atoms with van der Waals surface area (Å²) >= 11 is 0. The molecule has 2 aromatic rings. The van der Waals surface area contributed by atoms with Crippen molar-refractivity contribution in [2.75, 3.05) is 47.3 Å². The van der Waals surface area contributed by atoms with Gasteiger partial charge < -0.3 is 19.1 Å². The van der Waals surface area contributed by atoms with Crippen molar-refractivity contribution < 1.29 is 31.6 Å². The Labute approximate surface area is 189 Å². The van der Waals surface area contributed by atoms with E-state index < -0.39 is 15.5 Å². The molecule has 1 unspecified atom stereocenters. The molecule has 0 bridgehead atoms. The predicted octanol–water partition coefficient (Wildman–Crippen LogP) is 2.86. The van der Waals surface area contributed by atoms with Crippen LogP contribution in [0.3, 0.4) is 0 Å². The van der Waals surface area contributed by atoms with Crippen LogP contribution in [0.25, 0.3) is 0 Å². The summed E-state index contributed by atoms with van der Waals surface area (Å²) in [4.78, 5) is 15.2. The minimum absolute atomic E-state index is 0.0510. The van der Waals surface area contributed by atoms with Gasteiger partial charge in [0.15, 0.2) is 11.5 Å². The number of carbonyl (C=O) groups is 1. The number of methoxy groups -OCH3 is 3. The van der Waals surface area contributed by atoms with Crippen molar-refractivity contribution in [2.24, 2.45) is 0 Å². The molecule has 8 nitrogen and oxygen atoms in total. The fraction of sp³-hybridized carbons (Fsp3) is 0.435. The van der Waals surface area contributed by atoms with Gasteiger partial charge >= 0.3 is 0 Å². The maximum Gasteiger partial charge on any atom is 0.264 e. The van der Waals surface area contributed by atoms with Gasteiger partial charge in [0.25, 0.3) is 16.0 Å². The molecule has 0 N–H and O–H groups in total. The lowest BCUT2D eigenvalue weighted by Gasteiger charge is -2.30. The van der Waals surface area contributed by atoms with Crippen LogP contribution in [0.2, 0.25) is 0 Å². The zero-order valence-electron chi connectivity index (χ0n) is 18.8. The van der Waals surface area contributed by atoms with Crippen LogP contribution < -0.4 is 14.2 Å². The fourth-order valence-corrected chi connectivity index (χ4v) is 4.64. The average Bonchev–Trinajstić information content (AvgIpc) is 3.22. The average molecular weight is 464 g/mol. The Bertz CT molecular complexity index is 1060. The van der Waals surface area contributed by atoms with Crippen molar-refractivity contribution >= 4 is 16.0 Å². The number of benzene rings is 2. The van der Waals surface area contributed by atoms with Crippen LogP contribution in [0.5, 0.6) is 17.2 Å². The molecule has 174 valence electrons. The quantitative estimate of drug-likeness (QED) is 0.528. The Balaban J connectivity index is 1.90. The largest absolute Gasteiger partial charge is 0.493 e. The number of likely N-dealkylation sites (tertiary alicyclic amines) is 1. The maximum atomic E-state index is 13.5. The van der Waals surface area contributed by atoms with Crippen molar-refractivity contribution in [1.29, 1.82) is 0 Å². The third-order valence-electron chi connectivity index (χ3n) is 5.84. The van der Waals surface area contributed by atoms with Crippen LogP contribution >= 0.6 is 0 Å². The number of amides is 1.